The molecule has 2 heteroatoms. The molecule has 0 bridgehead atoms. The lowest BCUT2D eigenvalue weighted by atomic mass is 10.0. The highest BCUT2D eigenvalue weighted by Crippen LogP contribution is 2.28. The highest BCUT2D eigenvalue weighted by Gasteiger charge is 2.24. The maximum absolute atomic E-state index is 3.60. The quantitative estimate of drug-likeness (QED) is 0.792. The predicted octanol–water partition coefficient (Wildman–Crippen LogP) is 3.03. The largest absolute Gasteiger partial charge is 0.311 e. The summed E-state index contributed by atoms with van der Waals surface area (Å²) in [4.78, 5) is 2.73. The van der Waals surface area contributed by atoms with Crippen LogP contribution >= 0.6 is 0 Å². The third-order valence-electron chi connectivity index (χ3n) is 4.73. The molecule has 2 atom stereocenters. The molecule has 1 aliphatic carbocycles. The molecule has 0 aromatic heterocycles. The summed E-state index contributed by atoms with van der Waals surface area (Å²) in [5.41, 5.74) is 0. The van der Waals surface area contributed by atoms with Crippen LogP contribution in [0.4, 0.5) is 0 Å². The van der Waals surface area contributed by atoms with Gasteiger partial charge in [0.15, 0.2) is 0 Å². The Morgan fingerprint density at radius 1 is 1.24 bits per heavy atom. The van der Waals surface area contributed by atoms with E-state index in [9.17, 15) is 0 Å². The van der Waals surface area contributed by atoms with E-state index in [2.05, 4.69) is 24.1 Å². The molecular weight excluding hydrogens is 208 g/mol. The van der Waals surface area contributed by atoms with Gasteiger partial charge in [-0.15, -0.1) is 0 Å². The second-order valence-electron chi connectivity index (χ2n) is 6.16. The Labute approximate surface area is 107 Å². The summed E-state index contributed by atoms with van der Waals surface area (Å²) in [6, 6.07) is 1.47. The van der Waals surface area contributed by atoms with Crippen molar-refractivity contribution in [2.45, 2.75) is 70.9 Å². The minimum Gasteiger partial charge on any atom is -0.311 e. The van der Waals surface area contributed by atoms with Crippen LogP contribution in [0.25, 0.3) is 0 Å². The first-order valence-corrected chi connectivity index (χ1v) is 7.77. The van der Waals surface area contributed by atoms with Crippen molar-refractivity contribution in [2.75, 3.05) is 19.6 Å². The van der Waals surface area contributed by atoms with Crippen molar-refractivity contribution in [1.29, 1.82) is 0 Å². The van der Waals surface area contributed by atoms with E-state index in [4.69, 9.17) is 0 Å². The monoisotopic (exact) mass is 238 g/mol. The average Bonchev–Trinajstić information content (AvgIpc) is 2.82. The first-order valence-electron chi connectivity index (χ1n) is 7.77. The minimum atomic E-state index is 0.685. The van der Waals surface area contributed by atoms with Crippen molar-refractivity contribution in [3.05, 3.63) is 0 Å². The molecule has 1 N–H and O–H groups in total. The Balaban J connectivity index is 1.68. The van der Waals surface area contributed by atoms with Gasteiger partial charge in [-0.05, 0) is 38.6 Å². The van der Waals surface area contributed by atoms with Crippen molar-refractivity contribution >= 4 is 0 Å². The third kappa shape index (κ3) is 3.96. The minimum absolute atomic E-state index is 0.685. The van der Waals surface area contributed by atoms with Crippen molar-refractivity contribution in [2.24, 2.45) is 5.92 Å². The van der Waals surface area contributed by atoms with Gasteiger partial charge >= 0.3 is 0 Å². The Morgan fingerprint density at radius 2 is 2.00 bits per heavy atom. The van der Waals surface area contributed by atoms with E-state index in [1.165, 1.54) is 64.6 Å². The summed E-state index contributed by atoms with van der Waals surface area (Å²) in [6.07, 6.45) is 10.2. The highest BCUT2D eigenvalue weighted by atomic mass is 15.2. The smallest absolute Gasteiger partial charge is 0.0218 e. The predicted molar refractivity (Wildman–Crippen MR) is 74.3 cm³/mol. The van der Waals surface area contributed by atoms with Gasteiger partial charge in [-0.2, -0.15) is 0 Å². The molecule has 2 fully saturated rings. The van der Waals surface area contributed by atoms with Crippen LogP contribution in [0.5, 0.6) is 0 Å². The third-order valence-corrected chi connectivity index (χ3v) is 4.73. The lowest BCUT2D eigenvalue weighted by molar-refractivity contribution is 0.127. The van der Waals surface area contributed by atoms with Gasteiger partial charge in [-0.25, -0.2) is 0 Å². The fourth-order valence-electron chi connectivity index (χ4n) is 3.59. The molecule has 0 aromatic carbocycles. The summed E-state index contributed by atoms with van der Waals surface area (Å²) < 4.78 is 0. The number of nitrogens with zero attached hydrogens (tertiary/aromatic N) is 1. The second kappa shape index (κ2) is 6.75. The Bertz CT molecular complexity index is 211. The summed E-state index contributed by atoms with van der Waals surface area (Å²) in [5, 5.41) is 3.60. The van der Waals surface area contributed by atoms with Crippen LogP contribution in [0.2, 0.25) is 0 Å². The Morgan fingerprint density at radius 3 is 2.71 bits per heavy atom. The van der Waals surface area contributed by atoms with Gasteiger partial charge in [0.1, 0.15) is 0 Å². The Kier molecular flexibility index (Phi) is 5.30. The summed E-state index contributed by atoms with van der Waals surface area (Å²) in [5.74, 6) is 1.07. The SMILES string of the molecule is CCC1CNC(C)CN1CCCC1CCCC1. The number of rotatable bonds is 5. The Hall–Kier alpha value is -0.0800. The van der Waals surface area contributed by atoms with Crippen molar-refractivity contribution < 1.29 is 0 Å². The van der Waals surface area contributed by atoms with Crippen molar-refractivity contribution in [3.63, 3.8) is 0 Å². The number of nitrogens with one attached hydrogen (secondary N) is 1. The van der Waals surface area contributed by atoms with Gasteiger partial charge in [0.2, 0.25) is 0 Å². The van der Waals surface area contributed by atoms with Gasteiger partial charge in [0.05, 0.1) is 0 Å². The molecule has 0 spiro atoms. The molecule has 2 rings (SSSR count). The number of piperazine rings is 1. The first kappa shape index (κ1) is 13.4. The van der Waals surface area contributed by atoms with Crippen molar-refractivity contribution in [3.8, 4) is 0 Å². The van der Waals surface area contributed by atoms with Gasteiger partial charge in [-0.1, -0.05) is 32.6 Å². The molecule has 100 valence electrons. The zero-order chi connectivity index (χ0) is 12.1. The normalized spacial score (nSPS) is 32.1. The van der Waals surface area contributed by atoms with Gasteiger partial charge in [0, 0.05) is 25.2 Å². The fourth-order valence-corrected chi connectivity index (χ4v) is 3.59. The summed E-state index contributed by atoms with van der Waals surface area (Å²) in [7, 11) is 0. The lowest BCUT2D eigenvalue weighted by Gasteiger charge is -2.39. The van der Waals surface area contributed by atoms with Gasteiger partial charge in [-0.3, -0.25) is 4.90 Å². The van der Waals surface area contributed by atoms with Crippen LogP contribution in [-0.4, -0.2) is 36.6 Å². The summed E-state index contributed by atoms with van der Waals surface area (Å²) >= 11 is 0. The number of hydrogen-bond acceptors (Lipinski definition) is 2. The molecule has 2 nitrogen and oxygen atoms in total. The number of hydrogen-bond donors (Lipinski definition) is 1. The standard InChI is InChI=1S/C15H30N2/c1-3-15-11-16-13(2)12-17(15)10-6-9-14-7-4-5-8-14/h13-16H,3-12H2,1-2H3. The van der Waals surface area contributed by atoms with E-state index >= 15 is 0 Å². The zero-order valence-corrected chi connectivity index (χ0v) is 11.8. The molecule has 1 saturated carbocycles. The molecule has 1 saturated heterocycles. The molecule has 2 unspecified atom stereocenters. The van der Waals surface area contributed by atoms with E-state index in [1.807, 2.05) is 0 Å². The maximum atomic E-state index is 3.60. The topological polar surface area (TPSA) is 15.3 Å². The van der Waals surface area contributed by atoms with Gasteiger partial charge in [0.25, 0.3) is 0 Å². The molecule has 17 heavy (non-hydrogen) atoms. The van der Waals surface area contributed by atoms with Crippen LogP contribution in [-0.2, 0) is 0 Å². The molecule has 0 aromatic rings. The van der Waals surface area contributed by atoms with Crippen LogP contribution < -0.4 is 5.32 Å². The molecule has 1 heterocycles. The molecule has 0 amide bonds. The highest BCUT2D eigenvalue weighted by molar-refractivity contribution is 4.83. The van der Waals surface area contributed by atoms with Crippen LogP contribution in [0.1, 0.15) is 58.8 Å². The molecule has 1 aliphatic heterocycles. The van der Waals surface area contributed by atoms with E-state index in [0.29, 0.717) is 6.04 Å². The average molecular weight is 238 g/mol. The van der Waals surface area contributed by atoms with Crippen molar-refractivity contribution in [1.82, 2.24) is 10.2 Å². The van der Waals surface area contributed by atoms with Gasteiger partial charge < -0.3 is 5.32 Å². The van der Waals surface area contributed by atoms with Crippen LogP contribution in [0.3, 0.4) is 0 Å². The zero-order valence-electron chi connectivity index (χ0n) is 11.8. The van der Waals surface area contributed by atoms with E-state index < -0.39 is 0 Å². The van der Waals surface area contributed by atoms with E-state index in [-0.39, 0.29) is 0 Å². The molecule has 2 aliphatic rings. The van der Waals surface area contributed by atoms with E-state index in [0.717, 1.165) is 12.0 Å². The molecular formula is C15H30N2. The van der Waals surface area contributed by atoms with Crippen LogP contribution in [0, 0.1) is 5.92 Å². The fraction of sp³-hybridized carbons (Fsp3) is 1.00. The maximum Gasteiger partial charge on any atom is 0.0218 e. The molecule has 0 radical (unpaired) electrons. The van der Waals surface area contributed by atoms with Crippen LogP contribution in [0.15, 0.2) is 0 Å². The van der Waals surface area contributed by atoms with E-state index in [1.54, 1.807) is 0 Å². The second-order valence-corrected chi connectivity index (χ2v) is 6.16. The lowest BCUT2D eigenvalue weighted by Crippen LogP contribution is -2.55. The summed E-state index contributed by atoms with van der Waals surface area (Å²) in [6.45, 7) is 8.42. The first-order chi connectivity index (χ1) is 8.29.